The monoisotopic (exact) mass is 393 g/mol. The first-order valence-corrected chi connectivity index (χ1v) is 10.9. The Morgan fingerprint density at radius 3 is 2.39 bits per heavy atom. The van der Waals surface area contributed by atoms with Crippen LogP contribution >= 0.6 is 12.2 Å². The van der Waals surface area contributed by atoms with Crippen molar-refractivity contribution >= 4 is 23.0 Å². The second-order valence-electron chi connectivity index (χ2n) is 8.46. The summed E-state index contributed by atoms with van der Waals surface area (Å²) in [5, 5.41) is 7.74. The number of anilines is 1. The van der Waals surface area contributed by atoms with Crippen molar-refractivity contribution in [3.8, 4) is 0 Å². The molecule has 2 heterocycles. The number of fused-ring (bicyclic) bond motifs is 2. The van der Waals surface area contributed by atoms with Gasteiger partial charge >= 0.3 is 0 Å². The Bertz CT molecular complexity index is 806. The van der Waals surface area contributed by atoms with Gasteiger partial charge in [0.25, 0.3) is 0 Å². The summed E-state index contributed by atoms with van der Waals surface area (Å²) >= 11 is 5.62. The van der Waals surface area contributed by atoms with Gasteiger partial charge in [-0.15, -0.1) is 0 Å². The second-order valence-corrected chi connectivity index (χ2v) is 8.87. The van der Waals surface area contributed by atoms with Crippen LogP contribution in [0.25, 0.3) is 0 Å². The number of aryl methyl sites for hydroxylation is 2. The Morgan fingerprint density at radius 2 is 1.71 bits per heavy atom. The van der Waals surface area contributed by atoms with Gasteiger partial charge in [0.2, 0.25) is 0 Å². The van der Waals surface area contributed by atoms with Crippen molar-refractivity contribution in [1.29, 1.82) is 0 Å². The lowest BCUT2D eigenvalue weighted by atomic mass is 9.81. The quantitative estimate of drug-likeness (QED) is 0.700. The molecule has 3 nitrogen and oxygen atoms in total. The van der Waals surface area contributed by atoms with E-state index in [9.17, 15) is 0 Å². The molecule has 2 aromatic rings. The number of hydrogen-bond acceptors (Lipinski definition) is 2. The van der Waals surface area contributed by atoms with Crippen molar-refractivity contribution in [2.24, 2.45) is 0 Å². The van der Waals surface area contributed by atoms with Gasteiger partial charge in [-0.2, -0.15) is 0 Å². The van der Waals surface area contributed by atoms with Crippen molar-refractivity contribution < 1.29 is 0 Å². The van der Waals surface area contributed by atoms with Gasteiger partial charge in [0, 0.05) is 30.4 Å². The third-order valence-electron chi connectivity index (χ3n) is 6.43. The summed E-state index contributed by atoms with van der Waals surface area (Å²) in [5.74, 6) is 0. The van der Waals surface area contributed by atoms with Crippen molar-refractivity contribution in [3.63, 3.8) is 0 Å². The van der Waals surface area contributed by atoms with Crippen LogP contribution in [-0.2, 0) is 6.54 Å². The van der Waals surface area contributed by atoms with Crippen molar-refractivity contribution in [1.82, 2.24) is 10.2 Å². The van der Waals surface area contributed by atoms with Crippen LogP contribution in [0.2, 0.25) is 0 Å². The van der Waals surface area contributed by atoms with E-state index < -0.39 is 0 Å². The molecule has 0 unspecified atom stereocenters. The van der Waals surface area contributed by atoms with Crippen LogP contribution in [0, 0.1) is 13.8 Å². The highest BCUT2D eigenvalue weighted by molar-refractivity contribution is 7.80. The molecule has 4 heteroatoms. The van der Waals surface area contributed by atoms with Gasteiger partial charge in [-0.25, -0.2) is 0 Å². The van der Waals surface area contributed by atoms with Crippen molar-refractivity contribution in [3.05, 3.63) is 65.2 Å². The molecule has 0 aliphatic carbocycles. The van der Waals surface area contributed by atoms with Crippen LogP contribution in [-0.4, -0.2) is 28.1 Å². The molecule has 2 fully saturated rings. The number of thiocarbonyl (C=S) groups is 1. The number of rotatable bonds is 4. The summed E-state index contributed by atoms with van der Waals surface area (Å²) in [6, 6.07) is 19.1. The molecule has 2 aliphatic heterocycles. The molecule has 0 radical (unpaired) electrons. The first kappa shape index (κ1) is 19.4. The number of benzene rings is 2. The highest BCUT2D eigenvalue weighted by Crippen LogP contribution is 2.35. The summed E-state index contributed by atoms with van der Waals surface area (Å²) in [5.41, 5.74) is 5.10. The van der Waals surface area contributed by atoms with Gasteiger partial charge in [0.05, 0.1) is 0 Å². The van der Waals surface area contributed by atoms with Crippen LogP contribution in [0.15, 0.2) is 48.5 Å². The largest absolute Gasteiger partial charge is 0.360 e. The summed E-state index contributed by atoms with van der Waals surface area (Å²) in [6.07, 6.45) is 6.33. The molecule has 4 rings (SSSR count). The predicted octanol–water partition coefficient (Wildman–Crippen LogP) is 5.18. The molecule has 0 amide bonds. The highest BCUT2D eigenvalue weighted by atomic mass is 32.1. The van der Waals surface area contributed by atoms with Crippen LogP contribution in [0.1, 0.15) is 48.8 Å². The van der Waals surface area contributed by atoms with E-state index in [1.165, 1.54) is 48.8 Å². The van der Waals surface area contributed by atoms with Crippen LogP contribution in [0.4, 0.5) is 5.69 Å². The molecule has 2 saturated heterocycles. The number of nitrogens with zero attached hydrogens (tertiary/aromatic N) is 1. The minimum atomic E-state index is 0.467. The van der Waals surface area contributed by atoms with E-state index in [-0.39, 0.29) is 0 Å². The molecule has 148 valence electrons. The van der Waals surface area contributed by atoms with Gasteiger partial charge in [0.15, 0.2) is 5.11 Å². The van der Waals surface area contributed by atoms with Crippen LogP contribution in [0.3, 0.4) is 0 Å². The second kappa shape index (κ2) is 8.62. The molecule has 2 bridgehead atoms. The maximum atomic E-state index is 5.62. The van der Waals surface area contributed by atoms with Gasteiger partial charge < -0.3 is 10.6 Å². The standard InChI is InChI=1S/C24H31N3S/c1-17-11-12-20(13-18(17)2)25-24(28)26-21-14-22-9-6-10-23(15-21)27(22)16-19-7-4-3-5-8-19/h3-5,7-8,11-13,21-23H,6,9-10,14-16H2,1-2H3,(H2,25,26,28)/t22-,23-/m0/s1. The molecular weight excluding hydrogens is 362 g/mol. The summed E-state index contributed by atoms with van der Waals surface area (Å²) in [6.45, 7) is 5.35. The normalized spacial score (nSPS) is 24.6. The van der Waals surface area contributed by atoms with E-state index in [1.807, 2.05) is 0 Å². The smallest absolute Gasteiger partial charge is 0.170 e. The average Bonchev–Trinajstić information content (AvgIpc) is 2.66. The molecule has 2 aromatic carbocycles. The number of nitrogens with one attached hydrogen (secondary N) is 2. The Labute approximate surface area is 174 Å². The number of piperidine rings is 2. The molecule has 0 spiro atoms. The Kier molecular flexibility index (Phi) is 5.98. The van der Waals surface area contributed by atoms with Crippen LogP contribution in [0.5, 0.6) is 0 Å². The van der Waals surface area contributed by atoms with Crippen LogP contribution < -0.4 is 10.6 Å². The molecule has 0 saturated carbocycles. The lowest BCUT2D eigenvalue weighted by Gasteiger charge is -2.49. The first-order valence-electron chi connectivity index (χ1n) is 10.5. The van der Waals surface area contributed by atoms with Crippen molar-refractivity contribution in [2.45, 2.75) is 70.6 Å². The fourth-order valence-electron chi connectivity index (χ4n) is 4.82. The summed E-state index contributed by atoms with van der Waals surface area (Å²) < 4.78 is 0. The van der Waals surface area contributed by atoms with Gasteiger partial charge in [-0.3, -0.25) is 4.90 Å². The zero-order valence-corrected chi connectivity index (χ0v) is 17.8. The fourth-order valence-corrected chi connectivity index (χ4v) is 5.11. The first-order chi connectivity index (χ1) is 13.6. The minimum Gasteiger partial charge on any atom is -0.360 e. The maximum Gasteiger partial charge on any atom is 0.170 e. The zero-order valence-electron chi connectivity index (χ0n) is 16.9. The average molecular weight is 394 g/mol. The van der Waals surface area contributed by atoms with Gasteiger partial charge in [-0.05, 0) is 80.6 Å². The molecule has 2 atom stereocenters. The molecule has 2 N–H and O–H groups in total. The Hall–Kier alpha value is -1.91. The lowest BCUT2D eigenvalue weighted by Crippen LogP contribution is -2.56. The summed E-state index contributed by atoms with van der Waals surface area (Å²) in [7, 11) is 0. The van der Waals surface area contributed by atoms with E-state index in [1.54, 1.807) is 0 Å². The van der Waals surface area contributed by atoms with E-state index in [0.717, 1.165) is 17.3 Å². The molecule has 2 aliphatic rings. The Balaban J connectivity index is 1.36. The van der Waals surface area contributed by atoms with E-state index in [0.29, 0.717) is 18.1 Å². The van der Waals surface area contributed by atoms with Gasteiger partial charge in [0.1, 0.15) is 0 Å². The summed E-state index contributed by atoms with van der Waals surface area (Å²) in [4.78, 5) is 2.75. The predicted molar refractivity (Wildman–Crippen MR) is 122 cm³/mol. The molecule has 28 heavy (non-hydrogen) atoms. The Morgan fingerprint density at radius 1 is 1.00 bits per heavy atom. The molecule has 0 aromatic heterocycles. The van der Waals surface area contributed by atoms with E-state index >= 15 is 0 Å². The lowest BCUT2D eigenvalue weighted by molar-refractivity contribution is 0.0212. The SMILES string of the molecule is Cc1ccc(NC(=S)NC2C[C@@H]3CCC[C@@H](C2)N3Cc2ccccc2)cc1C. The third kappa shape index (κ3) is 4.56. The number of hydrogen-bond donors (Lipinski definition) is 2. The van der Waals surface area contributed by atoms with Gasteiger partial charge in [-0.1, -0.05) is 42.8 Å². The topological polar surface area (TPSA) is 27.3 Å². The third-order valence-corrected chi connectivity index (χ3v) is 6.65. The van der Waals surface area contributed by atoms with E-state index in [4.69, 9.17) is 12.2 Å². The maximum absolute atomic E-state index is 5.62. The fraction of sp³-hybridized carbons (Fsp3) is 0.458. The minimum absolute atomic E-state index is 0.467. The highest BCUT2D eigenvalue weighted by Gasteiger charge is 2.38. The zero-order chi connectivity index (χ0) is 19.5. The molecular formula is C24H31N3S. The van der Waals surface area contributed by atoms with Crippen molar-refractivity contribution in [2.75, 3.05) is 5.32 Å². The van der Waals surface area contributed by atoms with E-state index in [2.05, 4.69) is 77.9 Å².